The zero-order chi connectivity index (χ0) is 14.3. The topological polar surface area (TPSA) is 0 Å². The SMILES string of the molecule is CC(C)c1ccc2c(c1)Cc1ccc(C(C)C)cc1C2. The van der Waals surface area contributed by atoms with Gasteiger partial charge < -0.3 is 0 Å². The van der Waals surface area contributed by atoms with E-state index in [1.807, 2.05) is 0 Å². The maximum Gasteiger partial charge on any atom is -0.00200 e. The van der Waals surface area contributed by atoms with Crippen molar-refractivity contribution < 1.29 is 0 Å². The molecule has 104 valence electrons. The summed E-state index contributed by atoms with van der Waals surface area (Å²) in [5, 5.41) is 0. The number of rotatable bonds is 2. The third kappa shape index (κ3) is 2.40. The minimum absolute atomic E-state index is 0.616. The van der Waals surface area contributed by atoms with Crippen LogP contribution in [-0.2, 0) is 12.8 Å². The summed E-state index contributed by atoms with van der Waals surface area (Å²) in [5.74, 6) is 1.23. The fourth-order valence-corrected chi connectivity index (χ4v) is 3.09. The Morgan fingerprint density at radius 3 is 1.35 bits per heavy atom. The first kappa shape index (κ1) is 13.4. The van der Waals surface area contributed by atoms with Crippen molar-refractivity contribution in [3.63, 3.8) is 0 Å². The third-order valence-electron chi connectivity index (χ3n) is 4.56. The molecule has 0 spiro atoms. The Bertz CT molecular complexity index is 575. The van der Waals surface area contributed by atoms with Crippen molar-refractivity contribution in [1.82, 2.24) is 0 Å². The summed E-state index contributed by atoms with van der Waals surface area (Å²) in [6, 6.07) is 14.1. The minimum atomic E-state index is 0.616. The zero-order valence-corrected chi connectivity index (χ0v) is 13.0. The molecule has 0 atom stereocenters. The van der Waals surface area contributed by atoms with E-state index in [2.05, 4.69) is 64.1 Å². The average Bonchev–Trinajstić information content (AvgIpc) is 2.43. The molecule has 0 amide bonds. The van der Waals surface area contributed by atoms with E-state index >= 15 is 0 Å². The van der Waals surface area contributed by atoms with Gasteiger partial charge in [0.15, 0.2) is 0 Å². The van der Waals surface area contributed by atoms with E-state index in [9.17, 15) is 0 Å². The molecule has 3 rings (SSSR count). The van der Waals surface area contributed by atoms with Crippen molar-refractivity contribution in [2.24, 2.45) is 0 Å². The summed E-state index contributed by atoms with van der Waals surface area (Å²) < 4.78 is 0. The average molecular weight is 264 g/mol. The van der Waals surface area contributed by atoms with Gasteiger partial charge in [0.25, 0.3) is 0 Å². The van der Waals surface area contributed by atoms with E-state index in [1.165, 1.54) is 33.4 Å². The van der Waals surface area contributed by atoms with Crippen LogP contribution < -0.4 is 0 Å². The summed E-state index contributed by atoms with van der Waals surface area (Å²) in [6.07, 6.45) is 2.20. The van der Waals surface area contributed by atoms with Crippen molar-refractivity contribution in [2.45, 2.75) is 52.4 Å². The molecule has 2 aromatic rings. The first-order valence-electron chi connectivity index (χ1n) is 7.78. The van der Waals surface area contributed by atoms with E-state index in [0.29, 0.717) is 11.8 Å². The van der Waals surface area contributed by atoms with Crippen LogP contribution in [0.15, 0.2) is 36.4 Å². The second kappa shape index (κ2) is 5.09. The van der Waals surface area contributed by atoms with E-state index < -0.39 is 0 Å². The van der Waals surface area contributed by atoms with Crippen molar-refractivity contribution in [3.8, 4) is 0 Å². The van der Waals surface area contributed by atoms with Gasteiger partial charge in [-0.15, -0.1) is 0 Å². The number of benzene rings is 2. The molecular formula is C20H24. The molecule has 0 N–H and O–H groups in total. The van der Waals surface area contributed by atoms with Crippen molar-refractivity contribution in [3.05, 3.63) is 69.8 Å². The van der Waals surface area contributed by atoms with Crippen molar-refractivity contribution >= 4 is 0 Å². The van der Waals surface area contributed by atoms with Gasteiger partial charge in [-0.2, -0.15) is 0 Å². The van der Waals surface area contributed by atoms with Gasteiger partial charge in [-0.1, -0.05) is 64.1 Å². The fraction of sp³-hybridized carbons (Fsp3) is 0.400. The maximum absolute atomic E-state index is 2.42. The molecule has 2 aromatic carbocycles. The van der Waals surface area contributed by atoms with Crippen LogP contribution in [0.3, 0.4) is 0 Å². The van der Waals surface area contributed by atoms with Gasteiger partial charge in [-0.05, 0) is 58.1 Å². The van der Waals surface area contributed by atoms with E-state index in [-0.39, 0.29) is 0 Å². The molecule has 0 unspecified atom stereocenters. The van der Waals surface area contributed by atoms with Crippen molar-refractivity contribution in [1.29, 1.82) is 0 Å². The summed E-state index contributed by atoms with van der Waals surface area (Å²) in [4.78, 5) is 0. The highest BCUT2D eigenvalue weighted by Gasteiger charge is 2.17. The van der Waals surface area contributed by atoms with Crippen LogP contribution in [0, 0.1) is 0 Å². The Balaban J connectivity index is 1.97. The number of hydrogen-bond acceptors (Lipinski definition) is 0. The van der Waals surface area contributed by atoms with Gasteiger partial charge in [0.2, 0.25) is 0 Å². The quantitative estimate of drug-likeness (QED) is 0.579. The summed E-state index contributed by atoms with van der Waals surface area (Å²) in [7, 11) is 0. The monoisotopic (exact) mass is 264 g/mol. The first-order valence-corrected chi connectivity index (χ1v) is 7.78. The summed E-state index contributed by atoms with van der Waals surface area (Å²) in [5.41, 5.74) is 9.02. The second-order valence-electron chi connectivity index (χ2n) is 6.72. The Morgan fingerprint density at radius 2 is 1.00 bits per heavy atom. The normalized spacial score (nSPS) is 13.5. The summed E-state index contributed by atoms with van der Waals surface area (Å²) in [6.45, 7) is 9.08. The van der Waals surface area contributed by atoms with Gasteiger partial charge in [-0.25, -0.2) is 0 Å². The number of hydrogen-bond donors (Lipinski definition) is 0. The van der Waals surface area contributed by atoms with Crippen LogP contribution in [0.1, 0.15) is 72.9 Å². The Morgan fingerprint density at radius 1 is 0.600 bits per heavy atom. The minimum Gasteiger partial charge on any atom is -0.0587 e. The van der Waals surface area contributed by atoms with Gasteiger partial charge in [-0.3, -0.25) is 0 Å². The highest BCUT2D eigenvalue weighted by atomic mass is 14.2. The zero-order valence-electron chi connectivity index (χ0n) is 13.0. The van der Waals surface area contributed by atoms with Crippen LogP contribution in [-0.4, -0.2) is 0 Å². The largest absolute Gasteiger partial charge is 0.0587 e. The lowest BCUT2D eigenvalue weighted by atomic mass is 9.82. The van der Waals surface area contributed by atoms with Crippen LogP contribution >= 0.6 is 0 Å². The van der Waals surface area contributed by atoms with Gasteiger partial charge in [0.1, 0.15) is 0 Å². The molecule has 1 aliphatic rings. The molecule has 0 bridgehead atoms. The van der Waals surface area contributed by atoms with E-state index in [1.54, 1.807) is 0 Å². The van der Waals surface area contributed by atoms with Crippen LogP contribution in [0.4, 0.5) is 0 Å². The number of fused-ring (bicyclic) bond motifs is 2. The molecule has 20 heavy (non-hydrogen) atoms. The smallest absolute Gasteiger partial charge is 0.00200 e. The molecule has 0 saturated carbocycles. The Labute approximate surface area is 122 Å². The Kier molecular flexibility index (Phi) is 3.41. The van der Waals surface area contributed by atoms with Gasteiger partial charge >= 0.3 is 0 Å². The lowest BCUT2D eigenvalue weighted by molar-refractivity contribution is 0.849. The first-order chi connectivity index (χ1) is 9.54. The van der Waals surface area contributed by atoms with Crippen LogP contribution in [0.5, 0.6) is 0 Å². The molecule has 1 aliphatic carbocycles. The molecule has 0 aliphatic heterocycles. The lowest BCUT2D eigenvalue weighted by Gasteiger charge is -2.22. The van der Waals surface area contributed by atoms with Crippen LogP contribution in [0.2, 0.25) is 0 Å². The molecule has 0 nitrogen and oxygen atoms in total. The van der Waals surface area contributed by atoms with Gasteiger partial charge in [0, 0.05) is 0 Å². The standard InChI is InChI=1S/C20H24/c1-13(2)15-5-7-17-12-20-10-16(14(3)4)6-8-18(20)11-19(17)9-15/h5-10,13-14H,11-12H2,1-4H3. The fourth-order valence-electron chi connectivity index (χ4n) is 3.09. The highest BCUT2D eigenvalue weighted by molar-refractivity contribution is 5.48. The predicted molar refractivity (Wildman–Crippen MR) is 86.7 cm³/mol. The van der Waals surface area contributed by atoms with E-state index in [0.717, 1.165) is 12.8 Å². The van der Waals surface area contributed by atoms with Crippen LogP contribution in [0.25, 0.3) is 0 Å². The molecule has 0 aromatic heterocycles. The van der Waals surface area contributed by atoms with Gasteiger partial charge in [0.05, 0.1) is 0 Å². The summed E-state index contributed by atoms with van der Waals surface area (Å²) >= 11 is 0. The molecule has 0 fully saturated rings. The molecule has 0 saturated heterocycles. The third-order valence-corrected chi connectivity index (χ3v) is 4.56. The molecule has 0 heteroatoms. The molecular weight excluding hydrogens is 240 g/mol. The second-order valence-corrected chi connectivity index (χ2v) is 6.72. The van der Waals surface area contributed by atoms with Crippen molar-refractivity contribution in [2.75, 3.05) is 0 Å². The highest BCUT2D eigenvalue weighted by Crippen LogP contribution is 2.31. The maximum atomic E-state index is 2.42. The lowest BCUT2D eigenvalue weighted by Crippen LogP contribution is -2.09. The predicted octanol–water partition coefficient (Wildman–Crippen LogP) is 5.43. The molecule has 0 heterocycles. The molecule has 0 radical (unpaired) electrons. The van der Waals surface area contributed by atoms with E-state index in [4.69, 9.17) is 0 Å². The Hall–Kier alpha value is -1.56.